The van der Waals surface area contributed by atoms with Crippen LogP contribution in [0.2, 0.25) is 0 Å². The summed E-state index contributed by atoms with van der Waals surface area (Å²) in [5, 5.41) is 24.9. The second kappa shape index (κ2) is 8.92. The maximum absolute atomic E-state index is 11.4. The van der Waals surface area contributed by atoms with Crippen molar-refractivity contribution in [1.82, 2.24) is 0 Å². The Morgan fingerprint density at radius 1 is 0.949 bits per heavy atom. The molecule has 2 aliphatic rings. The predicted molar refractivity (Wildman–Crippen MR) is 148 cm³/mol. The third kappa shape index (κ3) is 3.81. The van der Waals surface area contributed by atoms with E-state index in [0.29, 0.717) is 12.4 Å². The number of non-ortho nitro benzene ring substituents is 1. The molecule has 6 rings (SSSR count). The molecule has 196 valence electrons. The highest BCUT2D eigenvalue weighted by atomic mass is 16.6. The number of anilines is 1. The van der Waals surface area contributed by atoms with E-state index < -0.39 is 21.3 Å². The molecule has 0 spiro atoms. The van der Waals surface area contributed by atoms with Crippen molar-refractivity contribution in [2.24, 2.45) is 0 Å². The zero-order valence-corrected chi connectivity index (χ0v) is 21.4. The van der Waals surface area contributed by atoms with Crippen molar-refractivity contribution in [3.05, 3.63) is 116 Å². The van der Waals surface area contributed by atoms with Gasteiger partial charge in [0.2, 0.25) is 5.75 Å². The van der Waals surface area contributed by atoms with Crippen LogP contribution in [0, 0.1) is 20.2 Å². The van der Waals surface area contributed by atoms with Crippen LogP contribution >= 0.6 is 0 Å². The molecule has 1 atom stereocenters. The first-order chi connectivity index (χ1) is 18.7. The largest absolute Gasteiger partial charge is 0.450 e. The first-order valence-corrected chi connectivity index (χ1v) is 12.6. The van der Waals surface area contributed by atoms with Crippen LogP contribution in [0.4, 0.5) is 17.1 Å². The van der Waals surface area contributed by atoms with Crippen LogP contribution in [0.5, 0.6) is 11.5 Å². The number of nitro benzene ring substituents is 2. The van der Waals surface area contributed by atoms with E-state index >= 15 is 0 Å². The Hall–Kier alpha value is -4.76. The molecule has 4 aromatic carbocycles. The standard InChI is InChI=1S/C30H25N3O6/c1-29(2)28-24-6-4-3-5-21(24)9-13-25(28)31-17-18-38-30(29,31)16-15-20-7-11-23(12-8-20)39-27-14-10-22(32(34)35)19-26(27)33(36)37/h3-16,19H,17-18H2,1-2H3/b16-15+. The number of hydrogen-bond acceptors (Lipinski definition) is 7. The van der Waals surface area contributed by atoms with Crippen molar-refractivity contribution >= 4 is 33.9 Å². The second-order valence-electron chi connectivity index (χ2n) is 10.2. The van der Waals surface area contributed by atoms with Crippen LogP contribution in [0.1, 0.15) is 25.0 Å². The predicted octanol–water partition coefficient (Wildman–Crippen LogP) is 6.99. The summed E-state index contributed by atoms with van der Waals surface area (Å²) >= 11 is 0. The van der Waals surface area contributed by atoms with Gasteiger partial charge in [-0.3, -0.25) is 20.2 Å². The van der Waals surface area contributed by atoms with E-state index in [1.807, 2.05) is 18.2 Å². The van der Waals surface area contributed by atoms with Gasteiger partial charge in [0.15, 0.2) is 5.72 Å². The normalized spacial score (nSPS) is 19.3. The van der Waals surface area contributed by atoms with Crippen molar-refractivity contribution in [3.63, 3.8) is 0 Å². The third-order valence-electron chi connectivity index (χ3n) is 7.72. The molecule has 4 aromatic rings. The molecule has 0 amide bonds. The Labute approximate surface area is 224 Å². The fourth-order valence-corrected chi connectivity index (χ4v) is 5.85. The summed E-state index contributed by atoms with van der Waals surface area (Å²) in [4.78, 5) is 23.4. The van der Waals surface area contributed by atoms with Gasteiger partial charge >= 0.3 is 5.69 Å². The fraction of sp³-hybridized carbons (Fsp3) is 0.200. The zero-order valence-electron chi connectivity index (χ0n) is 21.4. The molecule has 2 aliphatic heterocycles. The van der Waals surface area contributed by atoms with Gasteiger partial charge in [-0.1, -0.05) is 62.4 Å². The van der Waals surface area contributed by atoms with Crippen molar-refractivity contribution in [2.45, 2.75) is 25.0 Å². The van der Waals surface area contributed by atoms with E-state index in [4.69, 9.17) is 9.47 Å². The van der Waals surface area contributed by atoms with Crippen LogP contribution in [0.25, 0.3) is 16.8 Å². The summed E-state index contributed by atoms with van der Waals surface area (Å²) in [5.74, 6) is 0.307. The molecule has 0 bridgehead atoms. The molecule has 0 radical (unpaired) electrons. The fourth-order valence-electron chi connectivity index (χ4n) is 5.85. The van der Waals surface area contributed by atoms with Gasteiger partial charge in [-0.05, 0) is 52.2 Å². The Balaban J connectivity index is 1.29. The van der Waals surface area contributed by atoms with E-state index in [1.165, 1.54) is 34.2 Å². The molecule has 0 aliphatic carbocycles. The molecule has 1 unspecified atom stereocenters. The minimum atomic E-state index is -0.698. The van der Waals surface area contributed by atoms with Crippen molar-refractivity contribution in [2.75, 3.05) is 18.1 Å². The van der Waals surface area contributed by atoms with E-state index in [2.05, 4.69) is 61.2 Å². The van der Waals surface area contributed by atoms with Gasteiger partial charge in [-0.2, -0.15) is 0 Å². The van der Waals surface area contributed by atoms with Gasteiger partial charge in [-0.15, -0.1) is 0 Å². The molecule has 1 fully saturated rings. The maximum Gasteiger partial charge on any atom is 0.318 e. The maximum atomic E-state index is 11.4. The number of benzene rings is 4. The summed E-state index contributed by atoms with van der Waals surface area (Å²) in [6.45, 7) is 5.87. The molecule has 1 saturated heterocycles. The number of ether oxygens (including phenoxy) is 2. The van der Waals surface area contributed by atoms with Crippen LogP contribution in [0.15, 0.2) is 84.9 Å². The molecule has 0 saturated carbocycles. The molecule has 0 N–H and O–H groups in total. The van der Waals surface area contributed by atoms with E-state index in [1.54, 1.807) is 12.1 Å². The highest BCUT2D eigenvalue weighted by Crippen LogP contribution is 2.57. The van der Waals surface area contributed by atoms with E-state index in [0.717, 1.165) is 18.2 Å². The van der Waals surface area contributed by atoms with Gasteiger partial charge < -0.3 is 14.4 Å². The van der Waals surface area contributed by atoms with Crippen LogP contribution in [0.3, 0.4) is 0 Å². The Kier molecular flexibility index (Phi) is 5.62. The van der Waals surface area contributed by atoms with Crippen molar-refractivity contribution in [1.29, 1.82) is 0 Å². The van der Waals surface area contributed by atoms with Gasteiger partial charge in [0, 0.05) is 23.7 Å². The summed E-state index contributed by atoms with van der Waals surface area (Å²) in [6, 6.07) is 23.2. The third-order valence-corrected chi connectivity index (χ3v) is 7.72. The van der Waals surface area contributed by atoms with Gasteiger partial charge in [0.05, 0.1) is 22.5 Å². The summed E-state index contributed by atoms with van der Waals surface area (Å²) < 4.78 is 12.2. The molecule has 2 heterocycles. The number of nitrogens with zero attached hydrogens (tertiary/aromatic N) is 3. The van der Waals surface area contributed by atoms with Crippen molar-refractivity contribution < 1.29 is 19.3 Å². The van der Waals surface area contributed by atoms with Crippen molar-refractivity contribution in [3.8, 4) is 11.5 Å². The summed E-state index contributed by atoms with van der Waals surface area (Å²) in [6.07, 6.45) is 4.14. The summed E-state index contributed by atoms with van der Waals surface area (Å²) in [7, 11) is 0. The number of hydrogen-bond donors (Lipinski definition) is 0. The Morgan fingerprint density at radius 2 is 1.72 bits per heavy atom. The Bertz CT molecular complexity index is 1660. The van der Waals surface area contributed by atoms with Gasteiger partial charge in [0.25, 0.3) is 5.69 Å². The molecular formula is C30H25N3O6. The minimum Gasteiger partial charge on any atom is -0.450 e. The van der Waals surface area contributed by atoms with Gasteiger partial charge in [-0.25, -0.2) is 0 Å². The Morgan fingerprint density at radius 3 is 2.46 bits per heavy atom. The molecular weight excluding hydrogens is 498 g/mol. The monoisotopic (exact) mass is 523 g/mol. The topological polar surface area (TPSA) is 108 Å². The average Bonchev–Trinajstić information content (AvgIpc) is 3.44. The average molecular weight is 524 g/mol. The lowest BCUT2D eigenvalue weighted by atomic mass is 9.75. The minimum absolute atomic E-state index is 0.0690. The lowest BCUT2D eigenvalue weighted by molar-refractivity contribution is -0.394. The van der Waals surface area contributed by atoms with Crippen LogP contribution in [-0.4, -0.2) is 28.7 Å². The highest BCUT2D eigenvalue weighted by Gasteiger charge is 2.59. The first-order valence-electron chi connectivity index (χ1n) is 12.6. The number of nitro groups is 2. The van der Waals surface area contributed by atoms with Crippen LogP contribution < -0.4 is 9.64 Å². The van der Waals surface area contributed by atoms with Gasteiger partial charge in [0.1, 0.15) is 5.75 Å². The lowest BCUT2D eigenvalue weighted by Gasteiger charge is -2.40. The molecule has 9 nitrogen and oxygen atoms in total. The van der Waals surface area contributed by atoms with E-state index in [9.17, 15) is 20.2 Å². The number of rotatable bonds is 6. The highest BCUT2D eigenvalue weighted by molar-refractivity contribution is 5.94. The second-order valence-corrected chi connectivity index (χ2v) is 10.2. The molecule has 9 heteroatoms. The smallest absolute Gasteiger partial charge is 0.318 e. The number of fused-ring (bicyclic) bond motifs is 5. The molecule has 0 aromatic heterocycles. The molecule has 39 heavy (non-hydrogen) atoms. The summed E-state index contributed by atoms with van der Waals surface area (Å²) in [5.41, 5.74) is 1.56. The SMILES string of the molecule is CC1(C)c2c(ccc3ccccc23)N2CCOC21/C=C/c1ccc(Oc2ccc([N+](=O)[O-])cc2[N+](=O)[O-])cc1. The quantitative estimate of drug-likeness (QED) is 0.198. The zero-order chi connectivity index (χ0) is 27.4. The van der Waals surface area contributed by atoms with Crippen LogP contribution in [-0.2, 0) is 10.2 Å². The van der Waals surface area contributed by atoms with E-state index in [-0.39, 0.29) is 16.9 Å². The lowest BCUT2D eigenvalue weighted by Crippen LogP contribution is -2.51. The first kappa shape index (κ1) is 24.6.